The molecule has 1 aliphatic carbocycles. The zero-order valence-corrected chi connectivity index (χ0v) is 15.4. The largest absolute Gasteiger partial charge is 0.444 e. The maximum atomic E-state index is 12.8. The van der Waals surface area contributed by atoms with E-state index in [9.17, 15) is 4.79 Å². The van der Waals surface area contributed by atoms with Crippen LogP contribution in [0.4, 0.5) is 4.79 Å². The topological polar surface area (TPSA) is 38.8 Å². The summed E-state index contributed by atoms with van der Waals surface area (Å²) in [7, 11) is 0. The van der Waals surface area contributed by atoms with Gasteiger partial charge in [-0.3, -0.25) is 4.90 Å². The lowest BCUT2D eigenvalue weighted by atomic mass is 9.83. The van der Waals surface area contributed by atoms with E-state index in [1.165, 1.54) is 32.1 Å². The van der Waals surface area contributed by atoms with Crippen LogP contribution in [-0.2, 0) is 9.47 Å². The van der Waals surface area contributed by atoms with Crippen molar-refractivity contribution >= 4 is 6.09 Å². The maximum absolute atomic E-state index is 12.8. The highest BCUT2D eigenvalue weighted by atomic mass is 16.6. The Morgan fingerprint density at radius 1 is 1.30 bits per heavy atom. The van der Waals surface area contributed by atoms with Gasteiger partial charge in [0.25, 0.3) is 0 Å². The van der Waals surface area contributed by atoms with E-state index in [0.717, 1.165) is 6.42 Å². The van der Waals surface area contributed by atoms with E-state index in [1.54, 1.807) is 4.90 Å². The first-order valence-corrected chi connectivity index (χ1v) is 8.97. The van der Waals surface area contributed by atoms with Gasteiger partial charge in [-0.05, 0) is 47.0 Å². The Bertz CT molecular complexity index is 432. The van der Waals surface area contributed by atoms with Crippen molar-refractivity contribution in [1.29, 1.82) is 0 Å². The molecule has 0 aromatic carbocycles. The lowest BCUT2D eigenvalue weighted by molar-refractivity contribution is -0.0719. The van der Waals surface area contributed by atoms with E-state index >= 15 is 0 Å². The van der Waals surface area contributed by atoms with E-state index in [0.29, 0.717) is 5.92 Å². The number of nitrogens with zero attached hydrogens (tertiary/aromatic N) is 1. The fourth-order valence-electron chi connectivity index (χ4n) is 3.89. The predicted molar refractivity (Wildman–Crippen MR) is 92.2 cm³/mol. The zero-order valence-electron chi connectivity index (χ0n) is 15.4. The van der Waals surface area contributed by atoms with Gasteiger partial charge in [0.15, 0.2) is 0 Å². The lowest BCUT2D eigenvalue weighted by Crippen LogP contribution is -2.50. The van der Waals surface area contributed by atoms with Crippen LogP contribution >= 0.6 is 0 Å². The minimum absolute atomic E-state index is 0.0143. The van der Waals surface area contributed by atoms with Crippen LogP contribution in [0.15, 0.2) is 12.7 Å². The third kappa shape index (κ3) is 4.50. The van der Waals surface area contributed by atoms with E-state index < -0.39 is 11.3 Å². The van der Waals surface area contributed by atoms with Crippen LogP contribution < -0.4 is 0 Å². The molecular formula is C19H33NO3. The van der Waals surface area contributed by atoms with Gasteiger partial charge in [0.1, 0.15) is 11.3 Å². The fraction of sp³-hybridized carbons (Fsp3) is 0.842. The van der Waals surface area contributed by atoms with E-state index in [2.05, 4.69) is 6.58 Å². The molecular weight excluding hydrogens is 290 g/mol. The first-order chi connectivity index (χ1) is 10.6. The van der Waals surface area contributed by atoms with Gasteiger partial charge in [-0.15, -0.1) is 6.58 Å². The number of carbonyl (C=O) groups is 1. The van der Waals surface area contributed by atoms with Crippen LogP contribution in [-0.4, -0.2) is 34.5 Å². The van der Waals surface area contributed by atoms with Gasteiger partial charge in [-0.1, -0.05) is 38.2 Å². The summed E-state index contributed by atoms with van der Waals surface area (Å²) >= 11 is 0. The molecule has 132 valence electrons. The SMILES string of the molecule is C=CC1OC(C)(C)N(C(=O)OC(C)(C)C)C1CC1CCCCC1. The Kier molecular flexibility index (Phi) is 5.44. The van der Waals surface area contributed by atoms with Crippen molar-refractivity contribution in [3.05, 3.63) is 12.7 Å². The standard InChI is InChI=1S/C19H33NO3/c1-7-16-15(13-14-11-9-8-10-12-14)20(19(5,6)22-16)17(21)23-18(2,3)4/h7,14-16H,1,8-13H2,2-6H3. The average Bonchev–Trinajstić information content (AvgIpc) is 2.68. The third-order valence-electron chi connectivity index (χ3n) is 4.84. The molecule has 0 aromatic rings. The van der Waals surface area contributed by atoms with Gasteiger partial charge in [0.2, 0.25) is 0 Å². The van der Waals surface area contributed by atoms with Crippen molar-refractivity contribution < 1.29 is 14.3 Å². The highest BCUT2D eigenvalue weighted by Gasteiger charge is 2.50. The number of amides is 1. The number of hydrogen-bond donors (Lipinski definition) is 0. The minimum Gasteiger partial charge on any atom is -0.444 e. The van der Waals surface area contributed by atoms with E-state index in [-0.39, 0.29) is 18.2 Å². The second-order valence-electron chi connectivity index (χ2n) is 8.42. The molecule has 2 rings (SSSR count). The molecule has 1 amide bonds. The number of ether oxygens (including phenoxy) is 2. The molecule has 1 aliphatic heterocycles. The first kappa shape index (κ1) is 18.3. The van der Waals surface area contributed by atoms with Crippen LogP contribution in [0.25, 0.3) is 0 Å². The van der Waals surface area contributed by atoms with Gasteiger partial charge in [0.05, 0.1) is 12.1 Å². The van der Waals surface area contributed by atoms with Crippen molar-refractivity contribution in [1.82, 2.24) is 4.90 Å². The van der Waals surface area contributed by atoms with Crippen LogP contribution in [0.3, 0.4) is 0 Å². The maximum Gasteiger partial charge on any atom is 0.412 e. The smallest absolute Gasteiger partial charge is 0.412 e. The minimum atomic E-state index is -0.666. The van der Waals surface area contributed by atoms with Gasteiger partial charge in [-0.25, -0.2) is 4.79 Å². The zero-order chi connectivity index (χ0) is 17.3. The average molecular weight is 323 g/mol. The molecule has 2 aliphatic rings. The highest BCUT2D eigenvalue weighted by Crippen LogP contribution is 2.39. The Hall–Kier alpha value is -1.03. The van der Waals surface area contributed by atoms with Gasteiger partial charge in [-0.2, -0.15) is 0 Å². The number of rotatable bonds is 3. The molecule has 1 heterocycles. The summed E-state index contributed by atoms with van der Waals surface area (Å²) in [6.07, 6.45) is 8.83. The number of carbonyl (C=O) groups excluding carboxylic acids is 1. The molecule has 0 bridgehead atoms. The Labute approximate surface area is 141 Å². The summed E-state index contributed by atoms with van der Waals surface area (Å²) in [4.78, 5) is 14.6. The molecule has 23 heavy (non-hydrogen) atoms. The molecule has 0 radical (unpaired) electrons. The van der Waals surface area contributed by atoms with Crippen LogP contribution in [0.1, 0.15) is 73.1 Å². The molecule has 4 heteroatoms. The van der Waals surface area contributed by atoms with Crippen molar-refractivity contribution in [2.75, 3.05) is 0 Å². The molecule has 0 spiro atoms. The van der Waals surface area contributed by atoms with Gasteiger partial charge < -0.3 is 9.47 Å². The normalized spacial score (nSPS) is 28.7. The van der Waals surface area contributed by atoms with Gasteiger partial charge >= 0.3 is 6.09 Å². The summed E-state index contributed by atoms with van der Waals surface area (Å²) in [6.45, 7) is 13.5. The third-order valence-corrected chi connectivity index (χ3v) is 4.84. The Morgan fingerprint density at radius 2 is 1.91 bits per heavy atom. The van der Waals surface area contributed by atoms with Crippen molar-refractivity contribution in [2.24, 2.45) is 5.92 Å². The quantitative estimate of drug-likeness (QED) is 0.695. The van der Waals surface area contributed by atoms with Gasteiger partial charge in [0, 0.05) is 0 Å². The van der Waals surface area contributed by atoms with Crippen LogP contribution in [0, 0.1) is 5.92 Å². The lowest BCUT2D eigenvalue weighted by Gasteiger charge is -2.36. The second kappa shape index (κ2) is 6.84. The van der Waals surface area contributed by atoms with E-state index in [1.807, 2.05) is 40.7 Å². The fourth-order valence-corrected chi connectivity index (χ4v) is 3.89. The molecule has 2 fully saturated rings. The summed E-state index contributed by atoms with van der Waals surface area (Å²) in [5.74, 6) is 0.665. The Balaban J connectivity index is 2.18. The molecule has 0 N–H and O–H groups in total. The molecule has 2 atom stereocenters. The van der Waals surface area contributed by atoms with Crippen LogP contribution in [0.2, 0.25) is 0 Å². The van der Waals surface area contributed by atoms with E-state index in [4.69, 9.17) is 9.47 Å². The monoisotopic (exact) mass is 323 g/mol. The predicted octanol–water partition coefficient (Wildman–Crippen LogP) is 4.88. The summed E-state index contributed by atoms with van der Waals surface area (Å²) in [5.41, 5.74) is -1.17. The molecule has 1 saturated heterocycles. The molecule has 1 saturated carbocycles. The molecule has 0 aromatic heterocycles. The second-order valence-corrected chi connectivity index (χ2v) is 8.42. The Morgan fingerprint density at radius 3 is 2.43 bits per heavy atom. The molecule has 4 nitrogen and oxygen atoms in total. The first-order valence-electron chi connectivity index (χ1n) is 8.97. The summed E-state index contributed by atoms with van der Waals surface area (Å²) in [6, 6.07) is 0.0143. The molecule has 2 unspecified atom stereocenters. The summed E-state index contributed by atoms with van der Waals surface area (Å²) < 4.78 is 11.7. The van der Waals surface area contributed by atoms with Crippen molar-refractivity contribution in [3.63, 3.8) is 0 Å². The highest BCUT2D eigenvalue weighted by molar-refractivity contribution is 5.70. The van der Waals surface area contributed by atoms with Crippen molar-refractivity contribution in [3.8, 4) is 0 Å². The van der Waals surface area contributed by atoms with Crippen LogP contribution in [0.5, 0.6) is 0 Å². The van der Waals surface area contributed by atoms with Crippen molar-refractivity contribution in [2.45, 2.75) is 96.6 Å². The number of hydrogen-bond acceptors (Lipinski definition) is 3. The summed E-state index contributed by atoms with van der Waals surface area (Å²) in [5, 5.41) is 0.